The van der Waals surface area contributed by atoms with Crippen LogP contribution in [-0.4, -0.2) is 84.8 Å². The van der Waals surface area contributed by atoms with E-state index in [2.05, 4.69) is 20.1 Å². The first-order valence-electron chi connectivity index (χ1n) is 10.3. The van der Waals surface area contributed by atoms with E-state index < -0.39 is 73.2 Å². The highest BCUT2D eigenvalue weighted by atomic mass is 16.7. The number of rotatable bonds is 9. The quantitative estimate of drug-likeness (QED) is 0.160. The third kappa shape index (κ3) is 6.70. The van der Waals surface area contributed by atoms with Gasteiger partial charge in [0.2, 0.25) is 0 Å². The number of hydrogen-bond acceptors (Lipinski definition) is 12. The smallest absolute Gasteiger partial charge is 0.303 e. The highest BCUT2D eigenvalue weighted by Crippen LogP contribution is 2.34. The fourth-order valence-electron chi connectivity index (χ4n) is 3.78. The Morgan fingerprint density at radius 3 is 2.00 bits per heavy atom. The van der Waals surface area contributed by atoms with Crippen molar-refractivity contribution < 1.29 is 47.9 Å². The number of aliphatic hydroxyl groups excluding tert-OH is 1. The Labute approximate surface area is 193 Å². The van der Waals surface area contributed by atoms with Gasteiger partial charge in [-0.15, -0.1) is 0 Å². The standard InChI is InChI=1S/C18H26N6O10/c1-5-10-13(16(17(28)32-10)31-9(4)27)34-18-12(22-24-20)15(30-8(3)26)14(29-7(2)25)11(33-18)6-21-23-19/h10-18,28H,5-6H2,1-4H3/t10-,11+,12-,13-,14-,15-,16?,17?,18?/m1/s1. The fraction of sp³-hybridized carbons (Fsp3) is 0.833. The summed E-state index contributed by atoms with van der Waals surface area (Å²) >= 11 is 0. The zero-order valence-corrected chi connectivity index (χ0v) is 18.9. The number of carbonyl (C=O) groups excluding carboxylic acids is 3. The molecule has 0 radical (unpaired) electrons. The van der Waals surface area contributed by atoms with Crippen molar-refractivity contribution in [3.05, 3.63) is 20.9 Å². The molecule has 0 bridgehead atoms. The number of carbonyl (C=O) groups is 3. The summed E-state index contributed by atoms with van der Waals surface area (Å²) in [7, 11) is 0. The number of ether oxygens (including phenoxy) is 6. The average Bonchev–Trinajstić information content (AvgIpc) is 3.04. The summed E-state index contributed by atoms with van der Waals surface area (Å²) in [6.07, 6.45) is -9.55. The summed E-state index contributed by atoms with van der Waals surface area (Å²) in [4.78, 5) is 40.5. The summed E-state index contributed by atoms with van der Waals surface area (Å²) in [5, 5.41) is 17.3. The summed E-state index contributed by atoms with van der Waals surface area (Å²) in [6.45, 7) is 4.71. The number of azide groups is 2. The van der Waals surface area contributed by atoms with E-state index in [1.54, 1.807) is 6.92 Å². The first kappa shape index (κ1) is 27.1. The van der Waals surface area contributed by atoms with E-state index in [-0.39, 0.29) is 6.54 Å². The van der Waals surface area contributed by atoms with Crippen LogP contribution >= 0.6 is 0 Å². The lowest BCUT2D eigenvalue weighted by Gasteiger charge is -2.44. The van der Waals surface area contributed by atoms with Crippen LogP contribution in [0.1, 0.15) is 34.1 Å². The molecule has 2 rings (SSSR count). The van der Waals surface area contributed by atoms with Gasteiger partial charge in [0.25, 0.3) is 0 Å². The van der Waals surface area contributed by atoms with E-state index in [1.165, 1.54) is 0 Å². The highest BCUT2D eigenvalue weighted by molar-refractivity contribution is 5.67. The third-order valence-corrected chi connectivity index (χ3v) is 5.01. The van der Waals surface area contributed by atoms with E-state index in [0.717, 1.165) is 20.8 Å². The minimum Gasteiger partial charge on any atom is -0.458 e. The lowest BCUT2D eigenvalue weighted by Crippen LogP contribution is -2.62. The topological polar surface area (TPSA) is 224 Å². The molecule has 2 fully saturated rings. The van der Waals surface area contributed by atoms with Crippen LogP contribution in [0.4, 0.5) is 0 Å². The average molecular weight is 486 g/mol. The summed E-state index contributed by atoms with van der Waals surface area (Å²) in [5.74, 6) is -2.25. The molecule has 3 unspecified atom stereocenters. The molecule has 1 N–H and O–H groups in total. The van der Waals surface area contributed by atoms with Crippen molar-refractivity contribution in [1.29, 1.82) is 0 Å². The maximum Gasteiger partial charge on any atom is 0.303 e. The number of nitrogens with zero attached hydrogens (tertiary/aromatic N) is 6. The Morgan fingerprint density at radius 1 is 0.882 bits per heavy atom. The van der Waals surface area contributed by atoms with E-state index in [4.69, 9.17) is 39.5 Å². The summed E-state index contributed by atoms with van der Waals surface area (Å²) < 4.78 is 32.9. The third-order valence-electron chi connectivity index (χ3n) is 5.01. The summed E-state index contributed by atoms with van der Waals surface area (Å²) in [5.41, 5.74) is 17.9. The normalized spacial score (nSPS) is 34.8. The van der Waals surface area contributed by atoms with Gasteiger partial charge in [0, 0.05) is 30.6 Å². The van der Waals surface area contributed by atoms with Crippen molar-refractivity contribution in [3.8, 4) is 0 Å². The second-order valence-corrected chi connectivity index (χ2v) is 7.45. The van der Waals surface area contributed by atoms with Gasteiger partial charge < -0.3 is 33.5 Å². The van der Waals surface area contributed by atoms with Crippen LogP contribution in [0, 0.1) is 0 Å². The number of hydrogen-bond donors (Lipinski definition) is 1. The number of aliphatic hydroxyl groups is 1. The van der Waals surface area contributed by atoms with Gasteiger partial charge in [-0.2, -0.15) is 0 Å². The van der Waals surface area contributed by atoms with Crippen LogP contribution < -0.4 is 0 Å². The van der Waals surface area contributed by atoms with Gasteiger partial charge >= 0.3 is 17.9 Å². The van der Waals surface area contributed by atoms with Crippen molar-refractivity contribution in [2.75, 3.05) is 6.54 Å². The van der Waals surface area contributed by atoms with Crippen molar-refractivity contribution in [1.82, 2.24) is 0 Å². The lowest BCUT2D eigenvalue weighted by molar-refractivity contribution is -0.284. The van der Waals surface area contributed by atoms with Gasteiger partial charge in [0.05, 0.1) is 12.6 Å². The predicted octanol–water partition coefficient (Wildman–Crippen LogP) is 1.01. The van der Waals surface area contributed by atoms with Gasteiger partial charge in [0.15, 0.2) is 30.9 Å². The van der Waals surface area contributed by atoms with E-state index in [9.17, 15) is 19.5 Å². The maximum absolute atomic E-state index is 11.8. The van der Waals surface area contributed by atoms with Crippen LogP contribution in [0.5, 0.6) is 0 Å². The van der Waals surface area contributed by atoms with Crippen LogP contribution in [-0.2, 0) is 42.8 Å². The largest absolute Gasteiger partial charge is 0.458 e. The molecule has 0 aromatic rings. The van der Waals surface area contributed by atoms with Crippen molar-refractivity contribution in [2.45, 2.75) is 89.4 Å². The van der Waals surface area contributed by atoms with E-state index >= 15 is 0 Å². The Balaban J connectivity index is 2.47. The Bertz CT molecular complexity index is 860. The Morgan fingerprint density at radius 2 is 1.47 bits per heavy atom. The van der Waals surface area contributed by atoms with E-state index in [1.807, 2.05) is 0 Å². The molecule has 2 heterocycles. The Hall–Kier alpha value is -3.13. The molecule has 16 nitrogen and oxygen atoms in total. The first-order chi connectivity index (χ1) is 16.1. The van der Waals surface area contributed by atoms with E-state index in [0.29, 0.717) is 6.42 Å². The van der Waals surface area contributed by atoms with Gasteiger partial charge in [-0.3, -0.25) is 14.4 Å². The molecule has 34 heavy (non-hydrogen) atoms. The molecular weight excluding hydrogens is 460 g/mol. The molecule has 0 saturated carbocycles. The summed E-state index contributed by atoms with van der Waals surface area (Å²) in [6, 6.07) is -1.38. The SMILES string of the molecule is CC[C@H]1OC(O)C(OC(C)=O)[C@@H]1OC1O[C@@H](CN=[N+]=[N-])[C@@H](OC(C)=O)[C@H](OC(C)=O)[C@H]1N=[N+]=[N-]. The minimum absolute atomic E-state index is 0.337. The molecule has 188 valence electrons. The van der Waals surface area contributed by atoms with Gasteiger partial charge in [-0.1, -0.05) is 17.2 Å². The molecule has 2 saturated heterocycles. The lowest BCUT2D eigenvalue weighted by atomic mass is 9.96. The number of esters is 3. The van der Waals surface area contributed by atoms with Crippen molar-refractivity contribution in [2.24, 2.45) is 10.2 Å². The van der Waals surface area contributed by atoms with Crippen LogP contribution in [0.15, 0.2) is 10.2 Å². The minimum atomic E-state index is -1.50. The van der Waals surface area contributed by atoms with Crippen molar-refractivity contribution in [3.63, 3.8) is 0 Å². The molecule has 0 aliphatic carbocycles. The monoisotopic (exact) mass is 486 g/mol. The second-order valence-electron chi connectivity index (χ2n) is 7.45. The van der Waals surface area contributed by atoms with Gasteiger partial charge in [-0.25, -0.2) is 0 Å². The second kappa shape index (κ2) is 12.4. The van der Waals surface area contributed by atoms with Crippen LogP contribution in [0.2, 0.25) is 0 Å². The molecule has 2 aliphatic rings. The van der Waals surface area contributed by atoms with Gasteiger partial charge in [-0.05, 0) is 17.5 Å². The fourth-order valence-corrected chi connectivity index (χ4v) is 3.78. The predicted molar refractivity (Wildman–Crippen MR) is 108 cm³/mol. The zero-order valence-electron chi connectivity index (χ0n) is 18.9. The van der Waals surface area contributed by atoms with Crippen molar-refractivity contribution >= 4 is 17.9 Å². The highest BCUT2D eigenvalue weighted by Gasteiger charge is 2.54. The molecule has 0 aromatic heterocycles. The van der Waals surface area contributed by atoms with Crippen LogP contribution in [0.25, 0.3) is 20.9 Å². The maximum atomic E-state index is 11.8. The molecule has 2 aliphatic heterocycles. The van der Waals surface area contributed by atoms with Crippen LogP contribution in [0.3, 0.4) is 0 Å². The molecule has 0 amide bonds. The first-order valence-corrected chi connectivity index (χ1v) is 10.3. The molecule has 0 aromatic carbocycles. The molecular formula is C18H26N6O10. The van der Waals surface area contributed by atoms with Gasteiger partial charge in [0.1, 0.15) is 18.2 Å². The Kier molecular flexibility index (Phi) is 9.86. The molecule has 16 heteroatoms. The molecule has 0 spiro atoms. The molecule has 9 atom stereocenters. The zero-order chi connectivity index (χ0) is 25.4.